The van der Waals surface area contributed by atoms with E-state index in [1.807, 2.05) is 0 Å². The molecule has 274 valence electrons. The van der Waals surface area contributed by atoms with E-state index in [-0.39, 0.29) is 45.0 Å². The van der Waals surface area contributed by atoms with Crippen LogP contribution >= 0.6 is 23.2 Å². The Morgan fingerprint density at radius 1 is 1.04 bits per heavy atom. The van der Waals surface area contributed by atoms with Crippen molar-refractivity contribution in [2.45, 2.75) is 50.6 Å². The number of halogens is 9. The lowest BCUT2D eigenvalue weighted by atomic mass is 10.0. The molecule has 8 rings (SSSR count). The highest BCUT2D eigenvalue weighted by atomic mass is 35.5. The number of aryl methyl sites for hydroxylation is 2. The lowest BCUT2D eigenvalue weighted by Crippen LogP contribution is -2.38. The summed E-state index contributed by atoms with van der Waals surface area (Å²) in [6.07, 6.45) is -3.61. The first-order valence-electron chi connectivity index (χ1n) is 16.1. The summed E-state index contributed by atoms with van der Waals surface area (Å²) < 4.78 is 105. The molecule has 3 aromatic heterocycles. The van der Waals surface area contributed by atoms with Crippen molar-refractivity contribution >= 4 is 50.9 Å². The first-order chi connectivity index (χ1) is 25.1. The molecule has 3 unspecified atom stereocenters. The molecule has 3 atom stereocenters. The van der Waals surface area contributed by atoms with Gasteiger partial charge < -0.3 is 5.32 Å². The number of nitrogens with one attached hydrogen (secondary N) is 1. The molecule has 2 aliphatic carbocycles. The molecule has 18 heteroatoms. The van der Waals surface area contributed by atoms with E-state index in [0.717, 1.165) is 22.8 Å². The minimum absolute atomic E-state index is 0.0110. The molecule has 6 aromatic rings. The van der Waals surface area contributed by atoms with Crippen LogP contribution in [0.2, 0.25) is 10.0 Å². The first-order valence-corrected chi connectivity index (χ1v) is 16.9. The van der Waals surface area contributed by atoms with Gasteiger partial charge in [-0.25, -0.2) is 26.9 Å². The van der Waals surface area contributed by atoms with E-state index in [9.17, 15) is 31.5 Å². The monoisotopic (exact) mass is 777 g/mol. The van der Waals surface area contributed by atoms with Gasteiger partial charge in [0.05, 0.1) is 43.9 Å². The molecule has 0 saturated heterocycles. The zero-order valence-electron chi connectivity index (χ0n) is 27.4. The highest BCUT2D eigenvalue weighted by Crippen LogP contribution is 2.68. The lowest BCUT2D eigenvalue weighted by molar-refractivity contribution is -0.123. The summed E-state index contributed by atoms with van der Waals surface area (Å²) in [4.78, 5) is 33.0. The molecule has 3 aromatic carbocycles. The number of hydrogen-bond donors (Lipinski definition) is 1. The Morgan fingerprint density at radius 2 is 1.75 bits per heavy atom. The van der Waals surface area contributed by atoms with Crippen molar-refractivity contribution in [3.63, 3.8) is 0 Å². The lowest BCUT2D eigenvalue weighted by Gasteiger charge is -2.24. The van der Waals surface area contributed by atoms with Crippen LogP contribution < -0.4 is 10.9 Å². The predicted molar refractivity (Wildman–Crippen MR) is 179 cm³/mol. The topological polar surface area (TPSA) is 99.6 Å². The summed E-state index contributed by atoms with van der Waals surface area (Å²) in [5, 5.41) is 10.5. The van der Waals surface area contributed by atoms with Crippen molar-refractivity contribution in [2.24, 2.45) is 13.0 Å². The largest absolute Gasteiger partial charge is 0.344 e. The number of aromatic nitrogens is 6. The highest BCUT2D eigenvalue weighted by Gasteiger charge is 2.67. The van der Waals surface area contributed by atoms with Crippen LogP contribution in [-0.2, 0) is 30.7 Å². The van der Waals surface area contributed by atoms with Crippen LogP contribution in [0.25, 0.3) is 27.5 Å². The van der Waals surface area contributed by atoms with Crippen LogP contribution in [0.15, 0.2) is 47.3 Å². The zero-order valence-corrected chi connectivity index (χ0v) is 28.9. The van der Waals surface area contributed by atoms with Gasteiger partial charge in [0, 0.05) is 36.4 Å². The summed E-state index contributed by atoms with van der Waals surface area (Å²) in [7, 11) is 1.58. The van der Waals surface area contributed by atoms with Crippen molar-refractivity contribution in [3.8, 4) is 5.69 Å². The van der Waals surface area contributed by atoms with Crippen LogP contribution in [0.1, 0.15) is 58.8 Å². The van der Waals surface area contributed by atoms with Gasteiger partial charge >= 0.3 is 0 Å². The van der Waals surface area contributed by atoms with Gasteiger partial charge in [-0.3, -0.25) is 23.5 Å². The fraction of sp³-hybridized carbons (Fsp3) is 0.286. The quantitative estimate of drug-likeness (QED) is 0.160. The van der Waals surface area contributed by atoms with Crippen molar-refractivity contribution in [3.05, 3.63) is 114 Å². The third-order valence-electron chi connectivity index (χ3n) is 9.76. The Morgan fingerprint density at radius 3 is 2.45 bits per heavy atom. The van der Waals surface area contributed by atoms with Crippen LogP contribution in [0, 0.1) is 30.3 Å². The number of amides is 1. The van der Waals surface area contributed by atoms with E-state index in [1.54, 1.807) is 14.0 Å². The number of carbonyl (C=O) groups is 1. The van der Waals surface area contributed by atoms with Crippen LogP contribution in [0.4, 0.5) is 30.7 Å². The van der Waals surface area contributed by atoms with Crippen molar-refractivity contribution in [2.75, 3.05) is 0 Å². The van der Waals surface area contributed by atoms with Gasteiger partial charge in [0.2, 0.25) is 5.91 Å². The molecule has 1 amide bonds. The smallest absolute Gasteiger partial charge is 0.293 e. The molecule has 3 heterocycles. The molecule has 53 heavy (non-hydrogen) atoms. The van der Waals surface area contributed by atoms with Gasteiger partial charge in [0.25, 0.3) is 17.9 Å². The van der Waals surface area contributed by atoms with Gasteiger partial charge in [-0.2, -0.15) is 19.0 Å². The van der Waals surface area contributed by atoms with Gasteiger partial charge in [0.1, 0.15) is 41.2 Å². The van der Waals surface area contributed by atoms with Crippen molar-refractivity contribution in [1.82, 2.24) is 34.4 Å². The third kappa shape index (κ3) is 5.56. The number of fused-ring (bicyclic) bond motifs is 5. The highest BCUT2D eigenvalue weighted by molar-refractivity contribution is 6.36. The van der Waals surface area contributed by atoms with Gasteiger partial charge in [0.15, 0.2) is 0 Å². The maximum Gasteiger partial charge on any atom is 0.293 e. The molecular weight excluding hydrogens is 754 g/mol. The van der Waals surface area contributed by atoms with Crippen molar-refractivity contribution < 1.29 is 35.5 Å². The predicted octanol–water partition coefficient (Wildman–Crippen LogP) is 7.75. The summed E-state index contributed by atoms with van der Waals surface area (Å²) in [5.74, 6) is -9.66. The van der Waals surface area contributed by atoms with Crippen LogP contribution in [0.3, 0.4) is 0 Å². The maximum absolute atomic E-state index is 15.3. The molecule has 9 nitrogen and oxygen atoms in total. The van der Waals surface area contributed by atoms with Crippen molar-refractivity contribution in [1.29, 1.82) is 0 Å². The minimum Gasteiger partial charge on any atom is -0.344 e. The van der Waals surface area contributed by atoms with E-state index in [0.29, 0.717) is 27.3 Å². The third-order valence-corrected chi connectivity index (χ3v) is 10.4. The summed E-state index contributed by atoms with van der Waals surface area (Å²) in [5.41, 5.74) is -2.06. The maximum atomic E-state index is 15.3. The fourth-order valence-electron chi connectivity index (χ4n) is 7.55. The van der Waals surface area contributed by atoms with E-state index >= 15 is 8.78 Å². The molecule has 0 bridgehead atoms. The first kappa shape index (κ1) is 35.1. The minimum atomic E-state index is -3.52. The second kappa shape index (κ2) is 12.3. The Kier molecular flexibility index (Phi) is 8.14. The number of hydrogen-bond acceptors (Lipinski definition) is 5. The van der Waals surface area contributed by atoms with E-state index < -0.39 is 88.5 Å². The molecule has 1 fully saturated rings. The van der Waals surface area contributed by atoms with Gasteiger partial charge in [-0.15, -0.1) is 0 Å². The molecule has 2 aliphatic rings. The van der Waals surface area contributed by atoms with Crippen LogP contribution in [0.5, 0.6) is 0 Å². The van der Waals surface area contributed by atoms with E-state index in [4.69, 9.17) is 23.2 Å². The molecule has 0 aliphatic heterocycles. The Labute approximate surface area is 303 Å². The molecule has 1 N–H and O–H groups in total. The second-order valence-electron chi connectivity index (χ2n) is 13.1. The Bertz CT molecular complexity index is 2580. The Balaban J connectivity index is 1.32. The van der Waals surface area contributed by atoms with Gasteiger partial charge in [-0.05, 0) is 61.2 Å². The summed E-state index contributed by atoms with van der Waals surface area (Å²) in [6.45, 7) is 0.714. The van der Waals surface area contributed by atoms with Gasteiger partial charge in [-0.1, -0.05) is 23.2 Å². The molecule has 0 spiro atoms. The summed E-state index contributed by atoms with van der Waals surface area (Å²) >= 11 is 12.8. The van der Waals surface area contributed by atoms with E-state index in [1.165, 1.54) is 22.9 Å². The Hall–Kier alpha value is -4.96. The number of carbonyl (C=O) groups excluding carboxylic acids is 1. The standard InChI is InChI=1S/C35H24Cl2F7N7O2/c1-13-25-19(36)3-6-23(30(25)49(2)47-13)51-33(46-21-5-4-20(40)28(37)27(21)34(51)53)22(9-14-7-15(38)10-16(39)8-14)45-24(52)12-50-31-26(29(48-50)32(41)42)17-11-18(17)35(31,43)44/h3-8,10,17-18,22,32H,9,11-12H2,1-2H3,(H,45,52). The summed E-state index contributed by atoms with van der Waals surface area (Å²) in [6, 6.07) is 6.16. The number of rotatable bonds is 8. The fourth-order valence-corrected chi connectivity index (χ4v) is 8.08. The SMILES string of the molecule is Cc1nn(C)c2c(-n3c(C(Cc4cc(F)cc(F)c4)NC(=O)Cn4nc(C(F)F)c5c4C(F)(F)C4CC54)nc4ccc(F)c(Cl)c4c3=O)ccc(Cl)c12. The molecule has 0 radical (unpaired) electrons. The normalized spacial score (nSPS) is 17.8. The molecular formula is C35H24Cl2F7N7O2. The average Bonchev–Trinajstić information content (AvgIpc) is 3.63. The second-order valence-corrected chi connectivity index (χ2v) is 13.9. The van der Waals surface area contributed by atoms with E-state index in [2.05, 4.69) is 20.5 Å². The number of benzene rings is 3. The average molecular weight is 779 g/mol. The number of nitrogens with zero attached hydrogens (tertiary/aromatic N) is 6. The molecule has 1 saturated carbocycles. The number of alkyl halides is 4. The zero-order chi connectivity index (χ0) is 37.8. The van der Waals surface area contributed by atoms with Crippen LogP contribution in [-0.4, -0.2) is 35.0 Å².